The summed E-state index contributed by atoms with van der Waals surface area (Å²) in [4.78, 5) is 33.3. The van der Waals surface area contributed by atoms with Gasteiger partial charge in [-0.25, -0.2) is 22.2 Å². The first-order chi connectivity index (χ1) is 19.9. The molecule has 1 saturated carbocycles. The Balaban J connectivity index is 1.34. The van der Waals surface area contributed by atoms with Crippen molar-refractivity contribution in [2.75, 3.05) is 20.2 Å². The van der Waals surface area contributed by atoms with Crippen LogP contribution in [0.2, 0.25) is 0 Å². The molecule has 1 aliphatic carbocycles. The van der Waals surface area contributed by atoms with E-state index >= 15 is 0 Å². The van der Waals surface area contributed by atoms with E-state index in [0.717, 1.165) is 18.2 Å². The summed E-state index contributed by atoms with van der Waals surface area (Å²) in [7, 11) is -0.229. The highest BCUT2D eigenvalue weighted by molar-refractivity contribution is 7.91. The van der Waals surface area contributed by atoms with Gasteiger partial charge in [0.2, 0.25) is 10.0 Å². The van der Waals surface area contributed by atoms with Crippen molar-refractivity contribution in [2.24, 2.45) is 7.05 Å². The third-order valence-corrected chi connectivity index (χ3v) is 10.9. The second-order valence-corrected chi connectivity index (χ2v) is 15.0. The van der Waals surface area contributed by atoms with Crippen LogP contribution in [0.1, 0.15) is 56.8 Å². The molecule has 2 amide bonds. The molecule has 224 valence electrons. The molecule has 1 N–H and O–H groups in total. The predicted molar refractivity (Wildman–Crippen MR) is 162 cm³/mol. The quantitative estimate of drug-likeness (QED) is 0.333. The number of alkyl carbamates (subject to hydrolysis) is 1. The number of aromatic nitrogens is 3. The highest BCUT2D eigenvalue weighted by Gasteiger charge is 2.40. The van der Waals surface area contributed by atoms with Crippen LogP contribution in [-0.2, 0) is 21.8 Å². The summed E-state index contributed by atoms with van der Waals surface area (Å²) in [5.74, 6) is 0.737. The number of hydrogen-bond donors (Lipinski definition) is 1. The first kappa shape index (κ1) is 28.5. The number of hydrogen-bond acceptors (Lipinski definition) is 8. The minimum absolute atomic E-state index is 0.196. The lowest BCUT2D eigenvalue weighted by Crippen LogP contribution is -2.50. The Hall–Kier alpha value is -3.58. The second kappa shape index (κ2) is 10.3. The summed E-state index contributed by atoms with van der Waals surface area (Å²) in [5.41, 5.74) is 1.47. The van der Waals surface area contributed by atoms with E-state index in [1.54, 1.807) is 17.0 Å². The van der Waals surface area contributed by atoms with Crippen LogP contribution in [0.25, 0.3) is 32.8 Å². The number of thiophene rings is 1. The number of ether oxygens (including phenoxy) is 2. The molecule has 11 nitrogen and oxygen atoms in total. The molecular formula is C29H35N5O6S2. The van der Waals surface area contributed by atoms with Crippen LogP contribution in [0.15, 0.2) is 29.6 Å². The molecule has 1 atom stereocenters. The lowest BCUT2D eigenvalue weighted by molar-refractivity contribution is 0.0452. The number of imidazole rings is 1. The van der Waals surface area contributed by atoms with Gasteiger partial charge in [0, 0.05) is 37.1 Å². The first-order valence-electron chi connectivity index (χ1n) is 14.0. The molecule has 13 heteroatoms. The Morgan fingerprint density at radius 1 is 1.14 bits per heavy atom. The number of benzene rings is 1. The molecule has 42 heavy (non-hydrogen) atoms. The van der Waals surface area contributed by atoms with Crippen molar-refractivity contribution in [3.05, 3.63) is 35.2 Å². The number of carbonyl (C=O) groups excluding carboxylic acids is 2. The van der Waals surface area contributed by atoms with Crippen molar-refractivity contribution in [2.45, 2.75) is 63.3 Å². The lowest BCUT2D eigenvalue weighted by Gasteiger charge is -2.33. The van der Waals surface area contributed by atoms with Crippen LogP contribution in [-0.4, -0.2) is 75.9 Å². The number of amides is 2. The number of fused-ring (bicyclic) bond motifs is 2. The fourth-order valence-corrected chi connectivity index (χ4v) is 8.60. The number of likely N-dealkylation sites (tertiary alicyclic amines) is 1. The third-order valence-electron chi connectivity index (χ3n) is 7.63. The molecule has 1 saturated heterocycles. The molecule has 1 unspecified atom stereocenters. The van der Waals surface area contributed by atoms with E-state index in [0.29, 0.717) is 64.6 Å². The molecule has 4 heterocycles. The van der Waals surface area contributed by atoms with Crippen molar-refractivity contribution in [3.63, 3.8) is 0 Å². The zero-order valence-electron chi connectivity index (χ0n) is 24.3. The van der Waals surface area contributed by atoms with Crippen LogP contribution in [0, 0.1) is 0 Å². The topological polar surface area (TPSA) is 125 Å². The van der Waals surface area contributed by atoms with Crippen molar-refractivity contribution in [3.8, 4) is 17.3 Å². The van der Waals surface area contributed by atoms with Crippen molar-refractivity contribution in [1.29, 1.82) is 0 Å². The number of methoxy groups -OCH3 is 1. The largest absolute Gasteiger partial charge is 0.494 e. The lowest BCUT2D eigenvalue weighted by atomic mass is 10.0. The number of piperidine rings is 1. The molecule has 0 bridgehead atoms. The highest BCUT2D eigenvalue weighted by atomic mass is 32.2. The molecular weight excluding hydrogens is 578 g/mol. The monoisotopic (exact) mass is 613 g/mol. The molecule has 1 aliphatic heterocycles. The Morgan fingerprint density at radius 2 is 1.90 bits per heavy atom. The maximum Gasteiger partial charge on any atom is 0.407 e. The van der Waals surface area contributed by atoms with Crippen molar-refractivity contribution in [1.82, 2.24) is 23.7 Å². The van der Waals surface area contributed by atoms with Gasteiger partial charge in [0.25, 0.3) is 5.91 Å². The van der Waals surface area contributed by atoms with Gasteiger partial charge in [-0.1, -0.05) is 0 Å². The van der Waals surface area contributed by atoms with Crippen LogP contribution in [0.3, 0.4) is 0 Å². The predicted octanol–water partition coefficient (Wildman–Crippen LogP) is 4.73. The van der Waals surface area contributed by atoms with E-state index in [-0.39, 0.29) is 17.2 Å². The average Bonchev–Trinajstić information content (AvgIpc) is 3.48. The fourth-order valence-electron chi connectivity index (χ4n) is 5.58. The Kier molecular flexibility index (Phi) is 7.00. The van der Waals surface area contributed by atoms with Crippen LogP contribution < -0.4 is 10.1 Å². The smallest absolute Gasteiger partial charge is 0.407 e. The summed E-state index contributed by atoms with van der Waals surface area (Å²) < 4.78 is 41.4. The van der Waals surface area contributed by atoms with Gasteiger partial charge < -0.3 is 24.3 Å². The number of rotatable bonds is 6. The second-order valence-electron chi connectivity index (χ2n) is 12.0. The summed E-state index contributed by atoms with van der Waals surface area (Å²) in [6, 6.07) is 6.96. The maximum absolute atomic E-state index is 13.7. The van der Waals surface area contributed by atoms with Gasteiger partial charge in [0.05, 0.1) is 17.9 Å². The zero-order chi connectivity index (χ0) is 30.0. The normalized spacial score (nSPS) is 18.0. The van der Waals surface area contributed by atoms with E-state index in [2.05, 4.69) is 5.32 Å². The molecule has 6 rings (SSSR count). The minimum atomic E-state index is -3.59. The van der Waals surface area contributed by atoms with Crippen LogP contribution in [0.5, 0.6) is 5.75 Å². The Bertz CT molecular complexity index is 1810. The minimum Gasteiger partial charge on any atom is -0.494 e. The molecule has 1 aromatic carbocycles. The van der Waals surface area contributed by atoms with Crippen LogP contribution >= 0.6 is 11.3 Å². The highest BCUT2D eigenvalue weighted by Crippen LogP contribution is 2.40. The van der Waals surface area contributed by atoms with Crippen molar-refractivity contribution >= 4 is 54.6 Å². The molecule has 4 aromatic rings. The average molecular weight is 614 g/mol. The first-order valence-corrected chi connectivity index (χ1v) is 16.4. The van der Waals surface area contributed by atoms with E-state index < -0.39 is 21.7 Å². The van der Waals surface area contributed by atoms with E-state index in [1.165, 1.54) is 22.4 Å². The van der Waals surface area contributed by atoms with Gasteiger partial charge in [-0.05, 0) is 76.1 Å². The van der Waals surface area contributed by atoms with E-state index in [1.807, 2.05) is 49.9 Å². The van der Waals surface area contributed by atoms with E-state index in [9.17, 15) is 18.0 Å². The Morgan fingerprint density at radius 3 is 2.60 bits per heavy atom. The van der Waals surface area contributed by atoms with Gasteiger partial charge >= 0.3 is 6.09 Å². The van der Waals surface area contributed by atoms with E-state index in [4.69, 9.17) is 14.5 Å². The molecule has 3 aromatic heterocycles. The number of nitrogens with one attached hydrogen (secondary N) is 1. The molecule has 0 radical (unpaired) electrons. The van der Waals surface area contributed by atoms with Gasteiger partial charge in [-0.3, -0.25) is 4.79 Å². The standard InChI is InChI=1S/C29H35N5O6S2/c1-29(2,3)40-28(36)30-19-7-6-11-33(16-19)26(35)18-13-21-24(23(15-18)39-5)32(4)25(31-21)22-14-17-10-12-41-27(17)34(22)42(37,38)20-8-9-20/h10,12-15,19-20H,6-9,11,16H2,1-5H3,(H,30,36). The van der Waals surface area contributed by atoms with Crippen molar-refractivity contribution < 1.29 is 27.5 Å². The Labute approximate surface area is 248 Å². The summed E-state index contributed by atoms with van der Waals surface area (Å²) in [6.45, 7) is 6.34. The summed E-state index contributed by atoms with van der Waals surface area (Å²) in [6.07, 6.45) is 2.29. The molecule has 2 aliphatic rings. The number of aryl methyl sites for hydroxylation is 1. The van der Waals surface area contributed by atoms with Gasteiger partial charge in [-0.2, -0.15) is 0 Å². The SMILES string of the molecule is COc1cc(C(=O)N2CCCC(NC(=O)OC(C)(C)C)C2)cc2nc(-c3cc4ccsc4n3S(=O)(=O)C3CC3)n(C)c12. The van der Waals surface area contributed by atoms with Gasteiger partial charge in [0.15, 0.2) is 5.82 Å². The third kappa shape index (κ3) is 5.13. The molecule has 2 fully saturated rings. The summed E-state index contributed by atoms with van der Waals surface area (Å²) in [5, 5.41) is 5.22. The van der Waals surface area contributed by atoms with Gasteiger partial charge in [-0.15, -0.1) is 11.3 Å². The maximum atomic E-state index is 13.7. The molecule has 0 spiro atoms. The number of carbonyl (C=O) groups is 2. The van der Waals surface area contributed by atoms with Gasteiger partial charge in [0.1, 0.15) is 27.4 Å². The summed E-state index contributed by atoms with van der Waals surface area (Å²) >= 11 is 1.39. The fraction of sp³-hybridized carbons (Fsp3) is 0.483. The van der Waals surface area contributed by atoms with Crippen LogP contribution in [0.4, 0.5) is 4.79 Å². The zero-order valence-corrected chi connectivity index (χ0v) is 26.0. The number of nitrogens with zero attached hydrogens (tertiary/aromatic N) is 4.